The average Bonchev–Trinajstić information content (AvgIpc) is 2.35. The van der Waals surface area contributed by atoms with E-state index in [2.05, 4.69) is 4.98 Å². The van der Waals surface area contributed by atoms with Gasteiger partial charge in [-0.1, -0.05) is 0 Å². The number of rotatable bonds is 5. The molecule has 23 heavy (non-hydrogen) atoms. The fraction of sp³-hybridized carbons (Fsp3) is 0.500. The third-order valence-corrected chi connectivity index (χ3v) is 4.04. The first-order chi connectivity index (χ1) is 10.7. The summed E-state index contributed by atoms with van der Waals surface area (Å²) < 4.78 is 29.2. The van der Waals surface area contributed by atoms with Gasteiger partial charge in [0.05, 0.1) is 24.1 Å². The van der Waals surface area contributed by atoms with Crippen LogP contribution in [-0.2, 0) is 19.6 Å². The topological polar surface area (TPSA) is 106 Å². The first-order valence-electron chi connectivity index (χ1n) is 7.16. The number of aromatic nitrogens is 1. The van der Waals surface area contributed by atoms with Gasteiger partial charge in [-0.05, 0) is 32.4 Å². The second-order valence-corrected chi connectivity index (χ2v) is 7.01. The second-order valence-electron chi connectivity index (χ2n) is 5.26. The number of carbonyl (C=O) groups is 2. The zero-order valence-corrected chi connectivity index (χ0v) is 14.0. The minimum Gasteiger partial charge on any atom is -0.462 e. The SMILES string of the molecule is CCOC(=O)c1ccc(N2CCC2C(=O)NS(C)(=O)=O)nc1C. The van der Waals surface area contributed by atoms with Gasteiger partial charge >= 0.3 is 5.97 Å². The highest BCUT2D eigenvalue weighted by molar-refractivity contribution is 7.89. The lowest BCUT2D eigenvalue weighted by atomic mass is 10.0. The van der Waals surface area contributed by atoms with Crippen LogP contribution in [0.25, 0.3) is 0 Å². The highest BCUT2D eigenvalue weighted by Gasteiger charge is 2.36. The third-order valence-electron chi connectivity index (χ3n) is 3.47. The summed E-state index contributed by atoms with van der Waals surface area (Å²) in [6, 6.07) is 2.64. The summed E-state index contributed by atoms with van der Waals surface area (Å²) in [5.74, 6) is -0.498. The molecule has 0 aromatic carbocycles. The quantitative estimate of drug-likeness (QED) is 0.764. The van der Waals surface area contributed by atoms with Crippen molar-refractivity contribution < 1.29 is 22.7 Å². The standard InChI is InChI=1S/C14H19N3O5S/c1-4-22-14(19)10-5-6-12(15-9(10)2)17-8-7-11(17)13(18)16-23(3,20)21/h5-6,11H,4,7-8H2,1-3H3,(H,16,18). The minimum absolute atomic E-state index is 0.278. The maximum atomic E-state index is 11.9. The van der Waals surface area contributed by atoms with E-state index in [4.69, 9.17) is 4.74 Å². The van der Waals surface area contributed by atoms with Crippen molar-refractivity contribution in [3.8, 4) is 0 Å². The Hall–Kier alpha value is -2.16. The van der Waals surface area contributed by atoms with Crippen LogP contribution in [0.5, 0.6) is 0 Å². The Bertz CT molecular complexity index is 732. The van der Waals surface area contributed by atoms with E-state index in [-0.39, 0.29) is 6.61 Å². The van der Waals surface area contributed by atoms with Gasteiger partial charge in [0, 0.05) is 6.54 Å². The summed E-state index contributed by atoms with van der Waals surface area (Å²) in [6.45, 7) is 4.27. The summed E-state index contributed by atoms with van der Waals surface area (Å²) in [5.41, 5.74) is 0.864. The van der Waals surface area contributed by atoms with Crippen molar-refractivity contribution in [1.82, 2.24) is 9.71 Å². The molecule has 0 saturated carbocycles. The number of pyridine rings is 1. The molecule has 1 aromatic heterocycles. The van der Waals surface area contributed by atoms with Crippen molar-refractivity contribution in [1.29, 1.82) is 0 Å². The molecule has 2 heterocycles. The van der Waals surface area contributed by atoms with Crippen molar-refractivity contribution in [2.45, 2.75) is 26.3 Å². The third kappa shape index (κ3) is 3.98. The number of esters is 1. The predicted molar refractivity (Wildman–Crippen MR) is 83.7 cm³/mol. The highest BCUT2D eigenvalue weighted by Crippen LogP contribution is 2.26. The van der Waals surface area contributed by atoms with Gasteiger partial charge < -0.3 is 9.64 Å². The Morgan fingerprint density at radius 3 is 2.61 bits per heavy atom. The van der Waals surface area contributed by atoms with E-state index in [0.29, 0.717) is 30.0 Å². The van der Waals surface area contributed by atoms with Crippen LogP contribution < -0.4 is 9.62 Å². The van der Waals surface area contributed by atoms with Gasteiger partial charge in [0.25, 0.3) is 5.91 Å². The average molecular weight is 341 g/mol. The Labute approximate surface area is 134 Å². The lowest BCUT2D eigenvalue weighted by molar-refractivity contribution is -0.121. The molecular formula is C14H19N3O5S. The molecule has 1 unspecified atom stereocenters. The van der Waals surface area contributed by atoms with E-state index < -0.39 is 27.9 Å². The second kappa shape index (κ2) is 6.53. The lowest BCUT2D eigenvalue weighted by Gasteiger charge is -2.40. The molecule has 126 valence electrons. The van der Waals surface area contributed by atoms with Gasteiger partial charge in [0.15, 0.2) is 0 Å². The first kappa shape index (κ1) is 17.2. The fourth-order valence-electron chi connectivity index (χ4n) is 2.32. The molecule has 8 nitrogen and oxygen atoms in total. The van der Waals surface area contributed by atoms with E-state index in [1.807, 2.05) is 4.72 Å². The monoisotopic (exact) mass is 341 g/mol. The molecule has 1 fully saturated rings. The molecule has 0 spiro atoms. The number of amides is 1. The van der Waals surface area contributed by atoms with Gasteiger partial charge in [0.2, 0.25) is 10.0 Å². The van der Waals surface area contributed by atoms with Crippen molar-refractivity contribution >= 4 is 27.7 Å². The van der Waals surface area contributed by atoms with E-state index in [1.165, 1.54) is 0 Å². The molecule has 1 atom stereocenters. The number of ether oxygens (including phenoxy) is 1. The van der Waals surface area contributed by atoms with Crippen LogP contribution in [-0.4, -0.2) is 50.7 Å². The molecule has 1 aliphatic rings. The summed E-state index contributed by atoms with van der Waals surface area (Å²) in [5, 5.41) is 0. The summed E-state index contributed by atoms with van der Waals surface area (Å²) in [7, 11) is -3.59. The molecule has 1 aromatic rings. The van der Waals surface area contributed by atoms with E-state index in [1.54, 1.807) is 30.9 Å². The number of hydrogen-bond acceptors (Lipinski definition) is 7. The molecule has 1 N–H and O–H groups in total. The van der Waals surface area contributed by atoms with Crippen LogP contribution in [0.1, 0.15) is 29.4 Å². The summed E-state index contributed by atoms with van der Waals surface area (Å²) in [6.07, 6.45) is 1.48. The normalized spacial score (nSPS) is 17.3. The van der Waals surface area contributed by atoms with Gasteiger partial charge in [-0.3, -0.25) is 9.52 Å². The molecule has 0 bridgehead atoms. The van der Waals surface area contributed by atoms with Crippen LogP contribution in [0.3, 0.4) is 0 Å². The van der Waals surface area contributed by atoms with E-state index >= 15 is 0 Å². The first-order valence-corrected chi connectivity index (χ1v) is 9.05. The Balaban J connectivity index is 2.15. The van der Waals surface area contributed by atoms with Gasteiger partial charge in [-0.25, -0.2) is 18.2 Å². The smallest absolute Gasteiger partial charge is 0.339 e. The summed E-state index contributed by atoms with van der Waals surface area (Å²) >= 11 is 0. The van der Waals surface area contributed by atoms with Crippen LogP contribution in [0, 0.1) is 6.92 Å². The number of hydrogen-bond donors (Lipinski definition) is 1. The zero-order chi connectivity index (χ0) is 17.2. The van der Waals surface area contributed by atoms with Crippen molar-refractivity contribution in [3.05, 3.63) is 23.4 Å². The maximum Gasteiger partial charge on any atom is 0.339 e. The lowest BCUT2D eigenvalue weighted by Crippen LogP contribution is -2.57. The highest BCUT2D eigenvalue weighted by atomic mass is 32.2. The Kier molecular flexibility index (Phi) is 4.88. The maximum absolute atomic E-state index is 11.9. The van der Waals surface area contributed by atoms with E-state index in [0.717, 1.165) is 6.26 Å². The number of sulfonamides is 1. The van der Waals surface area contributed by atoms with Crippen LogP contribution >= 0.6 is 0 Å². The number of carbonyl (C=O) groups excluding carboxylic acids is 2. The predicted octanol–water partition coefficient (Wildman–Crippen LogP) is 0.221. The van der Waals surface area contributed by atoms with Crippen molar-refractivity contribution in [2.24, 2.45) is 0 Å². The number of nitrogens with zero attached hydrogens (tertiary/aromatic N) is 2. The minimum atomic E-state index is -3.59. The van der Waals surface area contributed by atoms with Gasteiger partial charge in [-0.2, -0.15) is 0 Å². The molecule has 9 heteroatoms. The van der Waals surface area contributed by atoms with Crippen molar-refractivity contribution in [3.63, 3.8) is 0 Å². The number of nitrogens with one attached hydrogen (secondary N) is 1. The molecule has 2 rings (SSSR count). The van der Waals surface area contributed by atoms with Gasteiger partial charge in [-0.15, -0.1) is 0 Å². The molecule has 1 saturated heterocycles. The molecule has 0 radical (unpaired) electrons. The van der Waals surface area contributed by atoms with Crippen LogP contribution in [0.2, 0.25) is 0 Å². The fourth-order valence-corrected chi connectivity index (χ4v) is 2.82. The Morgan fingerprint density at radius 1 is 1.43 bits per heavy atom. The summed E-state index contributed by atoms with van der Waals surface area (Å²) in [4.78, 5) is 29.7. The van der Waals surface area contributed by atoms with Crippen molar-refractivity contribution in [2.75, 3.05) is 24.3 Å². The zero-order valence-electron chi connectivity index (χ0n) is 13.2. The Morgan fingerprint density at radius 2 is 2.13 bits per heavy atom. The number of aryl methyl sites for hydroxylation is 1. The van der Waals surface area contributed by atoms with Crippen LogP contribution in [0.4, 0.5) is 5.82 Å². The number of anilines is 1. The molecule has 1 aliphatic heterocycles. The molecular weight excluding hydrogens is 322 g/mol. The largest absolute Gasteiger partial charge is 0.462 e. The molecule has 0 aliphatic carbocycles. The van der Waals surface area contributed by atoms with Gasteiger partial charge in [0.1, 0.15) is 11.9 Å². The van der Waals surface area contributed by atoms with E-state index in [9.17, 15) is 18.0 Å². The molecule has 1 amide bonds. The van der Waals surface area contributed by atoms with Crippen LogP contribution in [0.15, 0.2) is 12.1 Å².